The lowest BCUT2D eigenvalue weighted by Crippen LogP contribution is -2.41. The number of rotatable bonds is 3. The first kappa shape index (κ1) is 20.8. The van der Waals surface area contributed by atoms with Crippen LogP contribution in [0.4, 0.5) is 0 Å². The van der Waals surface area contributed by atoms with Crippen LogP contribution < -0.4 is 5.56 Å². The summed E-state index contributed by atoms with van der Waals surface area (Å²) in [7, 11) is 0. The second kappa shape index (κ2) is 8.46. The van der Waals surface area contributed by atoms with E-state index in [1.54, 1.807) is 23.4 Å². The van der Waals surface area contributed by atoms with Gasteiger partial charge in [0.1, 0.15) is 5.82 Å². The molecular formula is C23H27N5O4. The molecule has 0 aliphatic carbocycles. The van der Waals surface area contributed by atoms with Crippen molar-refractivity contribution >= 4 is 11.8 Å². The Morgan fingerprint density at radius 3 is 2.91 bits per heavy atom. The molecule has 2 fully saturated rings. The third-order valence-electron chi connectivity index (χ3n) is 6.76. The van der Waals surface area contributed by atoms with E-state index < -0.39 is 0 Å². The largest absolute Gasteiger partial charge is 0.381 e. The predicted molar refractivity (Wildman–Crippen MR) is 115 cm³/mol. The molecule has 9 nitrogen and oxygen atoms in total. The van der Waals surface area contributed by atoms with E-state index in [1.165, 1.54) is 0 Å². The number of aromatic nitrogens is 3. The fraction of sp³-hybridized carbons (Fsp3) is 0.522. The molecule has 2 aromatic heterocycles. The van der Waals surface area contributed by atoms with E-state index in [0.717, 1.165) is 30.5 Å². The van der Waals surface area contributed by atoms with Crippen LogP contribution >= 0.6 is 0 Å². The number of amides is 2. The van der Waals surface area contributed by atoms with Crippen LogP contribution in [0, 0.1) is 12.8 Å². The molecule has 0 bridgehead atoms. The van der Waals surface area contributed by atoms with Crippen molar-refractivity contribution in [2.75, 3.05) is 26.3 Å². The van der Waals surface area contributed by atoms with Gasteiger partial charge in [-0.1, -0.05) is 0 Å². The van der Waals surface area contributed by atoms with Crippen LogP contribution in [0.5, 0.6) is 0 Å². The average molecular weight is 438 g/mol. The lowest BCUT2D eigenvalue weighted by atomic mass is 10.0. The molecule has 9 heteroatoms. The fourth-order valence-electron chi connectivity index (χ4n) is 4.94. The number of carbonyl (C=O) groups excluding carboxylic acids is 2. The number of aryl methyl sites for hydroxylation is 1. The molecular weight excluding hydrogens is 410 g/mol. The second-order valence-corrected chi connectivity index (χ2v) is 8.79. The minimum absolute atomic E-state index is 0.0925. The highest BCUT2D eigenvalue weighted by molar-refractivity contribution is 5.95. The molecule has 3 aliphatic rings. The summed E-state index contributed by atoms with van der Waals surface area (Å²) in [5, 5.41) is 0. The van der Waals surface area contributed by atoms with E-state index in [0.29, 0.717) is 49.7 Å². The number of nitrogens with one attached hydrogen (secondary N) is 1. The summed E-state index contributed by atoms with van der Waals surface area (Å²) in [4.78, 5) is 54.2. The Kier molecular flexibility index (Phi) is 5.50. The third kappa shape index (κ3) is 3.70. The van der Waals surface area contributed by atoms with Gasteiger partial charge in [0, 0.05) is 44.1 Å². The summed E-state index contributed by atoms with van der Waals surface area (Å²) >= 11 is 0. The molecule has 0 radical (unpaired) electrons. The molecule has 0 spiro atoms. The monoisotopic (exact) mass is 437 g/mol. The van der Waals surface area contributed by atoms with Crippen molar-refractivity contribution in [2.45, 2.75) is 45.2 Å². The van der Waals surface area contributed by atoms with Gasteiger partial charge >= 0.3 is 0 Å². The van der Waals surface area contributed by atoms with Crippen molar-refractivity contribution in [3.05, 3.63) is 57.0 Å². The van der Waals surface area contributed by atoms with Crippen LogP contribution in [0.25, 0.3) is 0 Å². The number of H-pyrrole nitrogens is 1. The summed E-state index contributed by atoms with van der Waals surface area (Å²) in [6.07, 6.45) is 6.20. The highest BCUT2D eigenvalue weighted by Gasteiger charge is 2.37. The zero-order valence-electron chi connectivity index (χ0n) is 18.2. The minimum atomic E-state index is -0.225. The summed E-state index contributed by atoms with van der Waals surface area (Å²) in [6, 6.07) is 1.50. The van der Waals surface area contributed by atoms with Crippen molar-refractivity contribution in [1.82, 2.24) is 24.8 Å². The van der Waals surface area contributed by atoms with Crippen LogP contribution in [-0.2, 0) is 22.5 Å². The molecule has 5 rings (SSSR count). The van der Waals surface area contributed by atoms with Gasteiger partial charge in [-0.2, -0.15) is 0 Å². The Bertz CT molecular complexity index is 1110. The molecule has 2 atom stereocenters. The first-order chi connectivity index (χ1) is 15.5. The van der Waals surface area contributed by atoms with Crippen molar-refractivity contribution in [2.24, 2.45) is 5.92 Å². The van der Waals surface area contributed by atoms with Gasteiger partial charge in [-0.05, 0) is 37.8 Å². The zero-order chi connectivity index (χ0) is 22.2. The molecule has 168 valence electrons. The molecule has 0 aromatic carbocycles. The summed E-state index contributed by atoms with van der Waals surface area (Å²) < 4.78 is 5.38. The van der Waals surface area contributed by atoms with Gasteiger partial charge in [-0.3, -0.25) is 19.4 Å². The zero-order valence-corrected chi connectivity index (χ0v) is 18.2. The van der Waals surface area contributed by atoms with Gasteiger partial charge in [0.25, 0.3) is 11.5 Å². The topological polar surface area (TPSA) is 108 Å². The molecule has 5 heterocycles. The number of pyridine rings is 1. The van der Waals surface area contributed by atoms with E-state index in [2.05, 4.69) is 9.97 Å². The van der Waals surface area contributed by atoms with Gasteiger partial charge in [0.15, 0.2) is 0 Å². The standard InChI is InChI=1S/C23H27N5O4/c1-14-11-24-7-4-16(14)23(31)27-9-5-18-17(12-27)21(29)26-20(25-18)19-3-2-8-28(19)22(30)15-6-10-32-13-15/h4,7,11,15,19H,2-3,5-6,8-10,12-13H2,1H3,(H,25,26,29)/t15-,19-/m0/s1. The lowest BCUT2D eigenvalue weighted by Gasteiger charge is -2.30. The van der Waals surface area contributed by atoms with Gasteiger partial charge < -0.3 is 19.5 Å². The molecule has 32 heavy (non-hydrogen) atoms. The summed E-state index contributed by atoms with van der Waals surface area (Å²) in [6.45, 7) is 4.34. The molecule has 1 N–H and O–H groups in total. The molecule has 0 saturated carbocycles. The van der Waals surface area contributed by atoms with Gasteiger partial charge in [0.2, 0.25) is 5.91 Å². The third-order valence-corrected chi connectivity index (χ3v) is 6.76. The Balaban J connectivity index is 1.37. The highest BCUT2D eigenvalue weighted by Crippen LogP contribution is 2.33. The Morgan fingerprint density at radius 1 is 1.25 bits per heavy atom. The number of likely N-dealkylation sites (tertiary alicyclic amines) is 1. The molecule has 0 unspecified atom stereocenters. The van der Waals surface area contributed by atoms with E-state index in [9.17, 15) is 14.4 Å². The predicted octanol–water partition coefficient (Wildman–Crippen LogP) is 1.37. The average Bonchev–Trinajstić information content (AvgIpc) is 3.51. The summed E-state index contributed by atoms with van der Waals surface area (Å²) in [5.74, 6) is 0.444. The van der Waals surface area contributed by atoms with Crippen LogP contribution in [0.3, 0.4) is 0 Å². The fourth-order valence-corrected chi connectivity index (χ4v) is 4.94. The molecule has 2 aromatic rings. The second-order valence-electron chi connectivity index (χ2n) is 8.79. The number of aromatic amines is 1. The van der Waals surface area contributed by atoms with Crippen LogP contribution in [-0.4, -0.2) is 62.9 Å². The number of nitrogens with zero attached hydrogens (tertiary/aromatic N) is 4. The molecule has 2 saturated heterocycles. The Morgan fingerprint density at radius 2 is 2.12 bits per heavy atom. The number of hydrogen-bond acceptors (Lipinski definition) is 6. The van der Waals surface area contributed by atoms with Gasteiger partial charge in [-0.25, -0.2) is 4.98 Å². The van der Waals surface area contributed by atoms with E-state index >= 15 is 0 Å². The maximum atomic E-state index is 13.0. The summed E-state index contributed by atoms with van der Waals surface area (Å²) in [5.41, 5.74) is 2.44. The van der Waals surface area contributed by atoms with Crippen LogP contribution in [0.15, 0.2) is 23.3 Å². The van der Waals surface area contributed by atoms with Crippen molar-refractivity contribution < 1.29 is 14.3 Å². The maximum Gasteiger partial charge on any atom is 0.256 e. The normalized spacial score (nSPS) is 22.8. The van der Waals surface area contributed by atoms with Gasteiger partial charge in [0.05, 0.1) is 36.4 Å². The SMILES string of the molecule is Cc1cnccc1C(=O)N1CCc2nc([C@@H]3CCCN3C(=O)[C@H]3CCOC3)[nH]c(=O)c2C1. The number of carbonyl (C=O) groups is 2. The van der Waals surface area contributed by atoms with E-state index in [-0.39, 0.29) is 35.9 Å². The first-order valence-corrected chi connectivity index (χ1v) is 11.2. The number of fused-ring (bicyclic) bond motifs is 1. The highest BCUT2D eigenvalue weighted by atomic mass is 16.5. The maximum absolute atomic E-state index is 13.0. The number of ether oxygens (including phenoxy) is 1. The first-order valence-electron chi connectivity index (χ1n) is 11.2. The number of hydrogen-bond donors (Lipinski definition) is 1. The Labute approximate surface area is 185 Å². The van der Waals surface area contributed by atoms with Crippen LogP contribution in [0.1, 0.15) is 58.3 Å². The lowest BCUT2D eigenvalue weighted by molar-refractivity contribution is -0.136. The molecule has 3 aliphatic heterocycles. The van der Waals surface area contributed by atoms with Gasteiger partial charge in [-0.15, -0.1) is 0 Å². The van der Waals surface area contributed by atoms with Crippen molar-refractivity contribution in [1.29, 1.82) is 0 Å². The quantitative estimate of drug-likeness (QED) is 0.777. The van der Waals surface area contributed by atoms with Crippen LogP contribution in [0.2, 0.25) is 0 Å². The van der Waals surface area contributed by atoms with E-state index in [1.807, 2.05) is 11.8 Å². The smallest absolute Gasteiger partial charge is 0.256 e. The van der Waals surface area contributed by atoms with Crippen molar-refractivity contribution in [3.63, 3.8) is 0 Å². The molecule has 2 amide bonds. The Hall–Kier alpha value is -3.07. The van der Waals surface area contributed by atoms with E-state index in [4.69, 9.17) is 9.72 Å². The minimum Gasteiger partial charge on any atom is -0.381 e. The van der Waals surface area contributed by atoms with Crippen molar-refractivity contribution in [3.8, 4) is 0 Å².